The molecule has 1 aliphatic carbocycles. The van der Waals surface area contributed by atoms with Crippen LogP contribution >= 0.6 is 0 Å². The normalized spacial score (nSPS) is 15.8. The number of nitrogens with zero attached hydrogens (tertiary/aromatic N) is 2. The minimum absolute atomic E-state index is 0.0253. The molecule has 0 saturated heterocycles. The van der Waals surface area contributed by atoms with Crippen molar-refractivity contribution in [3.63, 3.8) is 0 Å². The van der Waals surface area contributed by atoms with E-state index in [0.29, 0.717) is 17.1 Å². The monoisotopic (exact) mass is 383 g/mol. The lowest BCUT2D eigenvalue weighted by atomic mass is 9.69. The van der Waals surface area contributed by atoms with E-state index in [1.54, 1.807) is 48.3 Å². The summed E-state index contributed by atoms with van der Waals surface area (Å²) in [6.45, 7) is 0. The van der Waals surface area contributed by atoms with E-state index in [-0.39, 0.29) is 24.5 Å². The Morgan fingerprint density at radius 1 is 1.11 bits per heavy atom. The van der Waals surface area contributed by atoms with Gasteiger partial charge in [0.1, 0.15) is 0 Å². The summed E-state index contributed by atoms with van der Waals surface area (Å²) in [5, 5.41) is 12.1. The number of hydrogen-bond acceptors (Lipinski definition) is 4. The summed E-state index contributed by atoms with van der Waals surface area (Å²) in [4.78, 5) is 40.3. The lowest BCUT2D eigenvalue weighted by molar-refractivity contribution is -0.140. The second kappa shape index (κ2) is 8.37. The van der Waals surface area contributed by atoms with Crippen LogP contribution in [0.25, 0.3) is 0 Å². The van der Waals surface area contributed by atoms with Crippen molar-refractivity contribution in [3.05, 3.63) is 48.0 Å². The number of carbonyl (C=O) groups is 3. The van der Waals surface area contributed by atoms with Gasteiger partial charge >= 0.3 is 5.97 Å². The van der Waals surface area contributed by atoms with Gasteiger partial charge in [-0.05, 0) is 42.5 Å². The van der Waals surface area contributed by atoms with Gasteiger partial charge in [-0.15, -0.1) is 0 Å². The predicted octanol–water partition coefficient (Wildman–Crippen LogP) is 3.40. The predicted molar refractivity (Wildman–Crippen MR) is 104 cm³/mol. The second-order valence-corrected chi connectivity index (χ2v) is 7.62. The van der Waals surface area contributed by atoms with Crippen LogP contribution in [0.3, 0.4) is 0 Å². The molecule has 148 valence electrons. The molecule has 1 heterocycles. The third kappa shape index (κ3) is 4.65. The van der Waals surface area contributed by atoms with Crippen LogP contribution in [0.5, 0.6) is 0 Å². The number of carboxylic acids is 1. The average Bonchev–Trinajstić information content (AvgIpc) is 3.07. The number of hydrogen-bond donors (Lipinski definition) is 2. The molecule has 2 N–H and O–H groups in total. The minimum Gasteiger partial charge on any atom is -0.481 e. The van der Waals surface area contributed by atoms with Crippen molar-refractivity contribution in [1.29, 1.82) is 0 Å². The highest BCUT2D eigenvalue weighted by Crippen LogP contribution is 2.42. The molecule has 0 aliphatic heterocycles. The van der Waals surface area contributed by atoms with Crippen LogP contribution < -0.4 is 5.32 Å². The molecule has 2 aromatic rings. The Kier molecular flexibility index (Phi) is 5.92. The standard InChI is InChI=1S/C21H25N3O4/c1-24-12-11-22-20(24)19(28)15-5-7-16(8-6-15)23-17(25)13-21(14-18(26)27)9-3-2-4-10-21/h5-8,11-12H,2-4,9-10,13-14H2,1H3,(H,23,25)(H,26,27). The van der Waals surface area contributed by atoms with E-state index in [0.717, 1.165) is 32.1 Å². The number of amides is 1. The molecule has 1 aliphatic rings. The van der Waals surface area contributed by atoms with Gasteiger partial charge in [0.15, 0.2) is 5.82 Å². The molecule has 0 bridgehead atoms. The Labute approximate surface area is 163 Å². The van der Waals surface area contributed by atoms with Gasteiger partial charge in [-0.25, -0.2) is 4.98 Å². The van der Waals surface area contributed by atoms with Crippen molar-refractivity contribution in [2.75, 3.05) is 5.32 Å². The number of carbonyl (C=O) groups excluding carboxylic acids is 2. The summed E-state index contributed by atoms with van der Waals surface area (Å²) in [5.41, 5.74) is 0.618. The van der Waals surface area contributed by atoms with Crippen molar-refractivity contribution < 1.29 is 19.5 Å². The first-order valence-electron chi connectivity index (χ1n) is 9.52. The maximum absolute atomic E-state index is 12.5. The van der Waals surface area contributed by atoms with E-state index in [4.69, 9.17) is 0 Å². The van der Waals surface area contributed by atoms with E-state index in [1.165, 1.54) is 0 Å². The van der Waals surface area contributed by atoms with Gasteiger partial charge in [-0.2, -0.15) is 0 Å². The smallest absolute Gasteiger partial charge is 0.303 e. The molecule has 1 aromatic carbocycles. The van der Waals surface area contributed by atoms with Crippen LogP contribution in [0, 0.1) is 5.41 Å². The molecule has 0 unspecified atom stereocenters. The summed E-state index contributed by atoms with van der Waals surface area (Å²) in [6.07, 6.45) is 8.06. The highest BCUT2D eigenvalue weighted by atomic mass is 16.4. The topological polar surface area (TPSA) is 101 Å². The van der Waals surface area contributed by atoms with E-state index in [1.807, 2.05) is 0 Å². The van der Waals surface area contributed by atoms with Gasteiger partial charge in [0.2, 0.25) is 11.7 Å². The first-order valence-corrected chi connectivity index (χ1v) is 9.52. The van der Waals surface area contributed by atoms with Gasteiger partial charge in [-0.1, -0.05) is 19.3 Å². The number of nitrogens with one attached hydrogen (secondary N) is 1. The van der Waals surface area contributed by atoms with Crippen LogP contribution in [0.4, 0.5) is 5.69 Å². The van der Waals surface area contributed by atoms with Gasteiger partial charge in [0, 0.05) is 37.1 Å². The summed E-state index contributed by atoms with van der Waals surface area (Å²) in [6, 6.07) is 6.66. The van der Waals surface area contributed by atoms with E-state index < -0.39 is 11.4 Å². The molecule has 7 nitrogen and oxygen atoms in total. The molecule has 1 amide bonds. The number of anilines is 1. The zero-order chi connectivity index (χ0) is 20.1. The first-order chi connectivity index (χ1) is 13.4. The van der Waals surface area contributed by atoms with E-state index in [9.17, 15) is 19.5 Å². The van der Waals surface area contributed by atoms with E-state index in [2.05, 4.69) is 10.3 Å². The summed E-state index contributed by atoms with van der Waals surface area (Å²) >= 11 is 0. The van der Waals surface area contributed by atoms with Crippen LogP contribution in [0.15, 0.2) is 36.7 Å². The van der Waals surface area contributed by atoms with Crippen LogP contribution in [-0.4, -0.2) is 32.3 Å². The molecule has 0 atom stereocenters. The number of carboxylic acid groups (broad SMARTS) is 1. The average molecular weight is 383 g/mol. The quantitative estimate of drug-likeness (QED) is 0.714. The largest absolute Gasteiger partial charge is 0.481 e. The van der Waals surface area contributed by atoms with Crippen molar-refractivity contribution in [2.24, 2.45) is 12.5 Å². The number of aromatic nitrogens is 2. The molecular formula is C21H25N3O4. The fourth-order valence-electron chi connectivity index (χ4n) is 4.00. The highest BCUT2D eigenvalue weighted by Gasteiger charge is 2.36. The lowest BCUT2D eigenvalue weighted by Crippen LogP contribution is -2.32. The van der Waals surface area contributed by atoms with Gasteiger partial charge in [0.25, 0.3) is 0 Å². The number of rotatable bonds is 7. The molecule has 1 aromatic heterocycles. The van der Waals surface area contributed by atoms with Crippen LogP contribution in [0.1, 0.15) is 61.1 Å². The lowest BCUT2D eigenvalue weighted by Gasteiger charge is -2.35. The second-order valence-electron chi connectivity index (χ2n) is 7.62. The molecule has 1 saturated carbocycles. The number of aryl methyl sites for hydroxylation is 1. The van der Waals surface area contributed by atoms with E-state index >= 15 is 0 Å². The third-order valence-electron chi connectivity index (χ3n) is 5.43. The Morgan fingerprint density at radius 2 is 1.79 bits per heavy atom. The minimum atomic E-state index is -0.855. The van der Waals surface area contributed by atoms with Crippen LogP contribution in [0.2, 0.25) is 0 Å². The number of benzene rings is 1. The highest BCUT2D eigenvalue weighted by molar-refractivity contribution is 6.07. The summed E-state index contributed by atoms with van der Waals surface area (Å²) < 4.78 is 1.66. The fourth-order valence-corrected chi connectivity index (χ4v) is 4.00. The Hall–Kier alpha value is -2.96. The molecule has 7 heteroatoms. The van der Waals surface area contributed by atoms with Crippen LogP contribution in [-0.2, 0) is 16.6 Å². The maximum atomic E-state index is 12.5. The zero-order valence-corrected chi connectivity index (χ0v) is 16.0. The Balaban J connectivity index is 1.64. The zero-order valence-electron chi connectivity index (χ0n) is 16.0. The summed E-state index contributed by atoms with van der Waals surface area (Å²) in [5.74, 6) is -0.879. The van der Waals surface area contributed by atoms with Gasteiger partial charge in [-0.3, -0.25) is 14.4 Å². The number of aliphatic carboxylic acids is 1. The van der Waals surface area contributed by atoms with Crippen molar-refractivity contribution in [3.8, 4) is 0 Å². The molecule has 1 fully saturated rings. The number of imidazole rings is 1. The first kappa shape index (κ1) is 19.8. The Bertz CT molecular complexity index is 864. The SMILES string of the molecule is Cn1ccnc1C(=O)c1ccc(NC(=O)CC2(CC(=O)O)CCCCC2)cc1. The molecule has 3 rings (SSSR count). The van der Waals surface area contributed by atoms with Gasteiger partial charge in [0.05, 0.1) is 6.42 Å². The third-order valence-corrected chi connectivity index (χ3v) is 5.43. The van der Waals surface area contributed by atoms with Crippen molar-refractivity contribution in [2.45, 2.75) is 44.9 Å². The molecule has 28 heavy (non-hydrogen) atoms. The van der Waals surface area contributed by atoms with Gasteiger partial charge < -0.3 is 15.0 Å². The molecule has 0 spiro atoms. The Morgan fingerprint density at radius 3 is 2.36 bits per heavy atom. The van der Waals surface area contributed by atoms with Crippen molar-refractivity contribution in [1.82, 2.24) is 9.55 Å². The maximum Gasteiger partial charge on any atom is 0.303 e. The van der Waals surface area contributed by atoms with Crippen molar-refractivity contribution >= 4 is 23.3 Å². The fraction of sp³-hybridized carbons (Fsp3) is 0.429. The molecule has 0 radical (unpaired) electrons. The summed E-state index contributed by atoms with van der Waals surface area (Å²) in [7, 11) is 1.76. The number of ketones is 1. The molecular weight excluding hydrogens is 358 g/mol.